The van der Waals surface area contributed by atoms with Crippen LogP contribution in [0.1, 0.15) is 24.1 Å². The van der Waals surface area contributed by atoms with Gasteiger partial charge < -0.3 is 4.74 Å². The topological polar surface area (TPSA) is 30.3 Å². The first-order chi connectivity index (χ1) is 10.2. The van der Waals surface area contributed by atoms with E-state index in [-0.39, 0.29) is 0 Å². The third kappa shape index (κ3) is 4.07. The first-order valence-electron chi connectivity index (χ1n) is 7.24. The molecule has 4 nitrogen and oxygen atoms in total. The molecule has 1 saturated heterocycles. The summed E-state index contributed by atoms with van der Waals surface area (Å²) in [6.45, 7) is 3.50. The van der Waals surface area contributed by atoms with Crippen molar-refractivity contribution < 1.29 is 4.74 Å². The molecule has 0 bridgehead atoms. The lowest BCUT2D eigenvalue weighted by atomic mass is 10.2. The lowest BCUT2D eigenvalue weighted by Gasteiger charge is -2.24. The van der Waals surface area contributed by atoms with Crippen LogP contribution in [0.4, 0.5) is 0 Å². The molecule has 0 N–H and O–H groups in total. The maximum absolute atomic E-state index is 6.25. The molecule has 0 radical (unpaired) electrons. The highest BCUT2D eigenvalue weighted by molar-refractivity contribution is 7.07. The zero-order valence-corrected chi connectivity index (χ0v) is 13.7. The SMILES string of the molecule is Cn1cc(Cl)c(CN(Cc2ccsc2)CC2CCCO2)n1. The fraction of sp³-hybridized carbons (Fsp3) is 0.533. The van der Waals surface area contributed by atoms with E-state index in [0.717, 1.165) is 43.4 Å². The molecule has 1 atom stereocenters. The Kier molecular flexibility index (Phi) is 4.95. The molecule has 1 fully saturated rings. The van der Waals surface area contributed by atoms with Crippen LogP contribution in [-0.2, 0) is 24.9 Å². The van der Waals surface area contributed by atoms with Crippen molar-refractivity contribution in [1.82, 2.24) is 14.7 Å². The smallest absolute Gasteiger partial charge is 0.0950 e. The molecule has 0 aromatic carbocycles. The van der Waals surface area contributed by atoms with Crippen molar-refractivity contribution in [2.24, 2.45) is 7.05 Å². The van der Waals surface area contributed by atoms with Crippen molar-refractivity contribution in [2.75, 3.05) is 13.2 Å². The van der Waals surface area contributed by atoms with Crippen LogP contribution in [-0.4, -0.2) is 33.9 Å². The lowest BCUT2D eigenvalue weighted by molar-refractivity contribution is 0.0675. The Labute approximate surface area is 134 Å². The Morgan fingerprint density at radius 1 is 1.52 bits per heavy atom. The summed E-state index contributed by atoms with van der Waals surface area (Å²) in [4.78, 5) is 2.38. The van der Waals surface area contributed by atoms with E-state index in [9.17, 15) is 0 Å². The second kappa shape index (κ2) is 6.92. The second-order valence-corrected chi connectivity index (χ2v) is 6.72. The minimum absolute atomic E-state index is 0.339. The van der Waals surface area contributed by atoms with Crippen LogP contribution < -0.4 is 0 Å². The van der Waals surface area contributed by atoms with Gasteiger partial charge in [0.1, 0.15) is 0 Å². The summed E-state index contributed by atoms with van der Waals surface area (Å²) in [5, 5.41) is 9.51. The van der Waals surface area contributed by atoms with Gasteiger partial charge in [0, 0.05) is 39.5 Å². The number of hydrogen-bond acceptors (Lipinski definition) is 4. The third-order valence-electron chi connectivity index (χ3n) is 3.70. The first kappa shape index (κ1) is 15.0. The van der Waals surface area contributed by atoms with Crippen molar-refractivity contribution in [3.05, 3.63) is 39.3 Å². The normalized spacial score (nSPS) is 18.7. The van der Waals surface area contributed by atoms with E-state index in [1.807, 2.05) is 13.2 Å². The van der Waals surface area contributed by atoms with Gasteiger partial charge in [-0.1, -0.05) is 11.6 Å². The van der Waals surface area contributed by atoms with E-state index >= 15 is 0 Å². The first-order valence-corrected chi connectivity index (χ1v) is 8.56. The van der Waals surface area contributed by atoms with Crippen LogP contribution in [0.15, 0.2) is 23.0 Å². The van der Waals surface area contributed by atoms with Crippen molar-refractivity contribution in [3.8, 4) is 0 Å². The van der Waals surface area contributed by atoms with Crippen LogP contribution in [0.5, 0.6) is 0 Å². The summed E-state index contributed by atoms with van der Waals surface area (Å²) in [7, 11) is 1.90. The Balaban J connectivity index is 1.69. The van der Waals surface area contributed by atoms with Gasteiger partial charge in [0.15, 0.2) is 0 Å². The second-order valence-electron chi connectivity index (χ2n) is 5.53. The van der Waals surface area contributed by atoms with Gasteiger partial charge in [-0.25, -0.2) is 0 Å². The molecule has 3 heterocycles. The summed E-state index contributed by atoms with van der Waals surface area (Å²) in [6, 6.07) is 2.17. The zero-order valence-electron chi connectivity index (χ0n) is 12.2. The standard InChI is InChI=1S/C15H20ClN3OS/c1-18-9-14(16)15(17-18)10-19(7-12-4-6-21-11-12)8-13-3-2-5-20-13/h4,6,9,11,13H,2-3,5,7-8,10H2,1H3. The maximum Gasteiger partial charge on any atom is 0.0950 e. The molecule has 0 aliphatic carbocycles. The molecule has 2 aromatic heterocycles. The third-order valence-corrected chi connectivity index (χ3v) is 4.75. The number of rotatable bonds is 6. The summed E-state index contributed by atoms with van der Waals surface area (Å²) in [5.41, 5.74) is 2.28. The highest BCUT2D eigenvalue weighted by Gasteiger charge is 2.21. The zero-order chi connectivity index (χ0) is 14.7. The van der Waals surface area contributed by atoms with E-state index in [0.29, 0.717) is 6.10 Å². The van der Waals surface area contributed by atoms with E-state index in [1.165, 1.54) is 12.0 Å². The Bertz CT molecular complexity index is 563. The Morgan fingerprint density at radius 2 is 2.43 bits per heavy atom. The van der Waals surface area contributed by atoms with E-state index in [2.05, 4.69) is 26.8 Å². The van der Waals surface area contributed by atoms with Gasteiger partial charge in [0.25, 0.3) is 0 Å². The minimum atomic E-state index is 0.339. The summed E-state index contributed by atoms with van der Waals surface area (Å²) in [6.07, 6.45) is 4.51. The number of ether oxygens (including phenoxy) is 1. The molecule has 0 amide bonds. The van der Waals surface area contributed by atoms with Crippen molar-refractivity contribution in [2.45, 2.75) is 32.0 Å². The molecular formula is C15H20ClN3OS. The van der Waals surface area contributed by atoms with Crippen LogP contribution in [0.3, 0.4) is 0 Å². The van der Waals surface area contributed by atoms with Gasteiger partial charge in [0.2, 0.25) is 0 Å². The number of nitrogens with zero attached hydrogens (tertiary/aromatic N) is 3. The molecular weight excluding hydrogens is 306 g/mol. The lowest BCUT2D eigenvalue weighted by Crippen LogP contribution is -2.31. The molecule has 2 aromatic rings. The van der Waals surface area contributed by atoms with Crippen LogP contribution in [0, 0.1) is 0 Å². The Morgan fingerprint density at radius 3 is 3.05 bits per heavy atom. The number of halogens is 1. The fourth-order valence-corrected chi connectivity index (χ4v) is 3.63. The highest BCUT2D eigenvalue weighted by Crippen LogP contribution is 2.20. The predicted molar refractivity (Wildman–Crippen MR) is 85.6 cm³/mol. The number of hydrogen-bond donors (Lipinski definition) is 0. The monoisotopic (exact) mass is 325 g/mol. The minimum Gasteiger partial charge on any atom is -0.377 e. The number of thiophene rings is 1. The average molecular weight is 326 g/mol. The van der Waals surface area contributed by atoms with Gasteiger partial charge in [-0.2, -0.15) is 16.4 Å². The fourth-order valence-electron chi connectivity index (χ4n) is 2.73. The molecule has 1 aliphatic heterocycles. The molecule has 0 spiro atoms. The molecule has 1 aliphatic rings. The number of aromatic nitrogens is 2. The predicted octanol–water partition coefficient (Wildman–Crippen LogP) is 3.32. The summed E-state index contributed by atoms with van der Waals surface area (Å²) < 4.78 is 7.55. The quantitative estimate of drug-likeness (QED) is 0.816. The van der Waals surface area contributed by atoms with E-state index in [4.69, 9.17) is 16.3 Å². The largest absolute Gasteiger partial charge is 0.377 e. The van der Waals surface area contributed by atoms with Crippen LogP contribution >= 0.6 is 22.9 Å². The molecule has 3 rings (SSSR count). The van der Waals surface area contributed by atoms with Gasteiger partial charge in [0.05, 0.1) is 16.8 Å². The highest BCUT2D eigenvalue weighted by atomic mass is 35.5. The van der Waals surface area contributed by atoms with Crippen LogP contribution in [0.2, 0.25) is 5.02 Å². The molecule has 0 saturated carbocycles. The molecule has 6 heteroatoms. The summed E-state index contributed by atoms with van der Waals surface area (Å²) >= 11 is 7.98. The van der Waals surface area contributed by atoms with Gasteiger partial charge >= 0.3 is 0 Å². The molecule has 1 unspecified atom stereocenters. The Hall–Kier alpha value is -0.880. The van der Waals surface area contributed by atoms with Gasteiger partial charge in [-0.15, -0.1) is 0 Å². The van der Waals surface area contributed by atoms with Crippen LogP contribution in [0.25, 0.3) is 0 Å². The molecule has 21 heavy (non-hydrogen) atoms. The van der Waals surface area contributed by atoms with E-state index in [1.54, 1.807) is 16.0 Å². The van der Waals surface area contributed by atoms with Crippen molar-refractivity contribution >= 4 is 22.9 Å². The van der Waals surface area contributed by atoms with Crippen molar-refractivity contribution in [3.63, 3.8) is 0 Å². The van der Waals surface area contributed by atoms with Crippen molar-refractivity contribution in [1.29, 1.82) is 0 Å². The average Bonchev–Trinajstić information content (AvgIpc) is 3.15. The summed E-state index contributed by atoms with van der Waals surface area (Å²) in [5.74, 6) is 0. The van der Waals surface area contributed by atoms with E-state index < -0.39 is 0 Å². The number of aryl methyl sites for hydroxylation is 1. The maximum atomic E-state index is 6.25. The van der Waals surface area contributed by atoms with Gasteiger partial charge in [-0.05, 0) is 35.2 Å². The molecule has 114 valence electrons. The van der Waals surface area contributed by atoms with Gasteiger partial charge in [-0.3, -0.25) is 9.58 Å².